The summed E-state index contributed by atoms with van der Waals surface area (Å²) in [5.41, 5.74) is 7.71. The summed E-state index contributed by atoms with van der Waals surface area (Å²) < 4.78 is 12.9. The smallest absolute Gasteiger partial charge is 0.251 e. The third-order valence-electron chi connectivity index (χ3n) is 4.20. The van der Waals surface area contributed by atoms with Crippen LogP contribution < -0.4 is 11.1 Å². The first-order valence-corrected chi connectivity index (χ1v) is 9.05. The number of aryl methyl sites for hydroxylation is 1. The van der Waals surface area contributed by atoms with E-state index in [2.05, 4.69) is 5.32 Å². The fourth-order valence-corrected chi connectivity index (χ4v) is 4.29. The molecule has 0 atom stereocenters. The third-order valence-corrected chi connectivity index (χ3v) is 5.41. The second-order valence-electron chi connectivity index (χ2n) is 6.01. The van der Waals surface area contributed by atoms with Crippen LogP contribution in [0.4, 0.5) is 9.39 Å². The number of hydrogen-bond donors (Lipinski definition) is 2. The number of nitrogens with two attached hydrogens (primary N) is 1. The summed E-state index contributed by atoms with van der Waals surface area (Å²) in [6.45, 7) is 0. The van der Waals surface area contributed by atoms with Crippen molar-refractivity contribution in [2.75, 3.05) is 5.32 Å². The fourth-order valence-electron chi connectivity index (χ4n) is 2.99. The standard InChI is InChI=1S/C19H19FN2O2S/c20-13-9-6-12(7-10-13)8-11-16(23)22-19-17(18(21)24)14-4-2-1-3-5-15(14)25-19/h6-11H,1-5H2,(H2,21,24)(H,22,23). The lowest BCUT2D eigenvalue weighted by Gasteiger charge is -2.04. The molecule has 2 aromatic rings. The zero-order valence-electron chi connectivity index (χ0n) is 13.7. The van der Waals surface area contributed by atoms with Gasteiger partial charge < -0.3 is 11.1 Å². The lowest BCUT2D eigenvalue weighted by atomic mass is 10.1. The Balaban J connectivity index is 1.79. The molecule has 130 valence electrons. The molecule has 0 radical (unpaired) electrons. The number of halogens is 1. The van der Waals surface area contributed by atoms with Crippen LogP contribution in [0.2, 0.25) is 0 Å². The predicted molar refractivity (Wildman–Crippen MR) is 98.2 cm³/mol. The summed E-state index contributed by atoms with van der Waals surface area (Å²) in [5, 5.41) is 3.29. The maximum absolute atomic E-state index is 12.9. The lowest BCUT2D eigenvalue weighted by molar-refractivity contribution is -0.111. The Kier molecular flexibility index (Phi) is 5.28. The van der Waals surface area contributed by atoms with E-state index >= 15 is 0 Å². The van der Waals surface area contributed by atoms with Crippen molar-refractivity contribution in [1.29, 1.82) is 0 Å². The Morgan fingerprint density at radius 1 is 1.12 bits per heavy atom. The van der Waals surface area contributed by atoms with Crippen molar-refractivity contribution in [3.8, 4) is 0 Å². The van der Waals surface area contributed by atoms with Gasteiger partial charge in [-0.1, -0.05) is 18.6 Å². The van der Waals surface area contributed by atoms with Crippen molar-refractivity contribution in [3.05, 3.63) is 57.7 Å². The van der Waals surface area contributed by atoms with Crippen LogP contribution in [-0.4, -0.2) is 11.8 Å². The number of carbonyl (C=O) groups excluding carboxylic acids is 2. The first kappa shape index (κ1) is 17.4. The van der Waals surface area contributed by atoms with Crippen molar-refractivity contribution in [2.45, 2.75) is 32.1 Å². The Morgan fingerprint density at radius 2 is 1.84 bits per heavy atom. The molecule has 0 unspecified atom stereocenters. The number of anilines is 1. The van der Waals surface area contributed by atoms with Crippen LogP contribution in [0.1, 0.15) is 45.6 Å². The van der Waals surface area contributed by atoms with Gasteiger partial charge in [0.1, 0.15) is 10.8 Å². The predicted octanol–water partition coefficient (Wildman–Crippen LogP) is 3.91. The Bertz CT molecular complexity index is 825. The Morgan fingerprint density at radius 3 is 2.56 bits per heavy atom. The number of primary amides is 1. The van der Waals surface area contributed by atoms with Gasteiger partial charge in [-0.05, 0) is 55.0 Å². The molecule has 1 aliphatic carbocycles. The highest BCUT2D eigenvalue weighted by Crippen LogP contribution is 2.37. The van der Waals surface area contributed by atoms with Crippen LogP contribution in [0.5, 0.6) is 0 Å². The van der Waals surface area contributed by atoms with E-state index in [4.69, 9.17) is 5.73 Å². The van der Waals surface area contributed by atoms with E-state index in [1.54, 1.807) is 18.2 Å². The van der Waals surface area contributed by atoms with Crippen LogP contribution in [-0.2, 0) is 17.6 Å². The topological polar surface area (TPSA) is 72.2 Å². The van der Waals surface area contributed by atoms with Crippen LogP contribution in [0, 0.1) is 5.82 Å². The molecule has 1 heterocycles. The van der Waals surface area contributed by atoms with Gasteiger partial charge in [0.05, 0.1) is 5.56 Å². The first-order chi connectivity index (χ1) is 12.0. The number of benzene rings is 1. The highest BCUT2D eigenvalue weighted by molar-refractivity contribution is 7.17. The summed E-state index contributed by atoms with van der Waals surface area (Å²) in [6, 6.07) is 5.83. The van der Waals surface area contributed by atoms with Crippen molar-refractivity contribution in [1.82, 2.24) is 0 Å². The summed E-state index contributed by atoms with van der Waals surface area (Å²) in [7, 11) is 0. The molecule has 3 N–H and O–H groups in total. The number of hydrogen-bond acceptors (Lipinski definition) is 3. The average Bonchev–Trinajstić information content (AvgIpc) is 2.75. The van der Waals surface area contributed by atoms with Crippen LogP contribution in [0.15, 0.2) is 30.3 Å². The highest BCUT2D eigenvalue weighted by Gasteiger charge is 2.23. The molecule has 0 spiro atoms. The van der Waals surface area contributed by atoms with E-state index in [1.807, 2.05) is 0 Å². The number of amides is 2. The second kappa shape index (κ2) is 7.61. The quantitative estimate of drug-likeness (QED) is 0.642. The van der Waals surface area contributed by atoms with Gasteiger partial charge >= 0.3 is 0 Å². The van der Waals surface area contributed by atoms with Gasteiger partial charge in [-0.3, -0.25) is 9.59 Å². The molecule has 0 saturated carbocycles. The molecule has 0 aliphatic heterocycles. The molecule has 0 bridgehead atoms. The molecule has 1 aromatic heterocycles. The Labute approximate surface area is 149 Å². The van der Waals surface area contributed by atoms with E-state index in [0.29, 0.717) is 16.1 Å². The van der Waals surface area contributed by atoms with Gasteiger partial charge in [0.25, 0.3) is 5.91 Å². The van der Waals surface area contributed by atoms with Crippen molar-refractivity contribution in [3.63, 3.8) is 0 Å². The highest BCUT2D eigenvalue weighted by atomic mass is 32.1. The minimum Gasteiger partial charge on any atom is -0.365 e. The summed E-state index contributed by atoms with van der Waals surface area (Å²) in [5.74, 6) is -1.17. The molecule has 1 aromatic carbocycles. The van der Waals surface area contributed by atoms with Gasteiger partial charge in [-0.25, -0.2) is 4.39 Å². The Hall–Kier alpha value is -2.47. The van der Waals surface area contributed by atoms with Crippen LogP contribution in [0.3, 0.4) is 0 Å². The molecule has 25 heavy (non-hydrogen) atoms. The van der Waals surface area contributed by atoms with Gasteiger partial charge in [-0.15, -0.1) is 11.3 Å². The molecular weight excluding hydrogens is 339 g/mol. The molecule has 3 rings (SSSR count). The SMILES string of the molecule is NC(=O)c1c(NC(=O)C=Cc2ccc(F)cc2)sc2c1CCCCC2. The molecule has 6 heteroatoms. The third kappa shape index (κ3) is 4.14. The van der Waals surface area contributed by atoms with E-state index in [1.165, 1.54) is 29.5 Å². The number of thiophene rings is 1. The van der Waals surface area contributed by atoms with Gasteiger partial charge in [0, 0.05) is 11.0 Å². The maximum atomic E-state index is 12.9. The number of rotatable bonds is 4. The number of carbonyl (C=O) groups is 2. The number of nitrogens with one attached hydrogen (secondary N) is 1. The average molecular weight is 358 g/mol. The van der Waals surface area contributed by atoms with E-state index < -0.39 is 5.91 Å². The molecular formula is C19H19FN2O2S. The summed E-state index contributed by atoms with van der Waals surface area (Å²) in [6.07, 6.45) is 7.96. The van der Waals surface area contributed by atoms with Crippen LogP contribution in [0.25, 0.3) is 6.08 Å². The zero-order chi connectivity index (χ0) is 17.8. The normalized spacial score (nSPS) is 14.1. The van der Waals surface area contributed by atoms with Gasteiger partial charge in [0.2, 0.25) is 5.91 Å². The molecule has 1 aliphatic rings. The molecule has 0 fully saturated rings. The van der Waals surface area contributed by atoms with Crippen LogP contribution >= 0.6 is 11.3 Å². The monoisotopic (exact) mass is 358 g/mol. The maximum Gasteiger partial charge on any atom is 0.251 e. The zero-order valence-corrected chi connectivity index (χ0v) is 14.5. The van der Waals surface area contributed by atoms with E-state index in [9.17, 15) is 14.0 Å². The minimum absolute atomic E-state index is 0.326. The minimum atomic E-state index is -0.503. The fraction of sp³-hybridized carbons (Fsp3) is 0.263. The molecule has 0 saturated heterocycles. The van der Waals surface area contributed by atoms with Crippen molar-refractivity contribution < 1.29 is 14.0 Å². The lowest BCUT2D eigenvalue weighted by Crippen LogP contribution is -2.16. The number of fused-ring (bicyclic) bond motifs is 1. The first-order valence-electron chi connectivity index (χ1n) is 8.23. The van der Waals surface area contributed by atoms with Gasteiger partial charge in [0.15, 0.2) is 0 Å². The largest absolute Gasteiger partial charge is 0.365 e. The second-order valence-corrected chi connectivity index (χ2v) is 7.11. The van der Waals surface area contributed by atoms with Crippen molar-refractivity contribution in [2.24, 2.45) is 5.73 Å². The summed E-state index contributed by atoms with van der Waals surface area (Å²) >= 11 is 1.44. The van der Waals surface area contributed by atoms with Crippen molar-refractivity contribution >= 4 is 34.2 Å². The van der Waals surface area contributed by atoms with E-state index in [0.717, 1.165) is 42.5 Å². The van der Waals surface area contributed by atoms with Gasteiger partial charge in [-0.2, -0.15) is 0 Å². The summed E-state index contributed by atoms with van der Waals surface area (Å²) in [4.78, 5) is 25.2. The molecule has 4 nitrogen and oxygen atoms in total. The van der Waals surface area contributed by atoms with E-state index in [-0.39, 0.29) is 11.7 Å². The molecule has 2 amide bonds.